The maximum absolute atomic E-state index is 11.4. The third kappa shape index (κ3) is 1.55. The molecule has 0 spiro atoms. The van der Waals surface area contributed by atoms with Gasteiger partial charge in [-0.3, -0.25) is 9.69 Å². The van der Waals surface area contributed by atoms with Crippen molar-refractivity contribution in [3.8, 4) is 0 Å². The predicted molar refractivity (Wildman–Crippen MR) is 66.8 cm³/mol. The highest BCUT2D eigenvalue weighted by molar-refractivity contribution is 5.74. The molecule has 3 aliphatic carbocycles. The molecule has 0 aromatic carbocycles. The van der Waals surface area contributed by atoms with Crippen LogP contribution >= 0.6 is 0 Å². The molecule has 18 heavy (non-hydrogen) atoms. The summed E-state index contributed by atoms with van der Waals surface area (Å²) in [5, 5.41) is 19.8. The van der Waals surface area contributed by atoms with E-state index in [9.17, 15) is 15.0 Å². The summed E-state index contributed by atoms with van der Waals surface area (Å²) in [5.41, 5.74) is 0. The summed E-state index contributed by atoms with van der Waals surface area (Å²) >= 11 is 0. The molecule has 0 aromatic rings. The van der Waals surface area contributed by atoms with Gasteiger partial charge < -0.3 is 10.2 Å². The molecule has 4 fully saturated rings. The van der Waals surface area contributed by atoms with E-state index in [1.807, 2.05) is 18.7 Å². The smallest absolute Gasteiger partial charge is 0.321 e. The second-order valence-corrected chi connectivity index (χ2v) is 6.63. The lowest BCUT2D eigenvalue weighted by atomic mass is 9.56. The summed E-state index contributed by atoms with van der Waals surface area (Å²) in [4.78, 5) is 13.3. The number of carboxylic acids is 1. The zero-order valence-corrected chi connectivity index (χ0v) is 11.1. The summed E-state index contributed by atoms with van der Waals surface area (Å²) in [6.07, 6.45) is 4.39. The molecule has 4 nitrogen and oxygen atoms in total. The second kappa shape index (κ2) is 4.20. The Hall–Kier alpha value is -0.610. The quantitative estimate of drug-likeness (QED) is 0.801. The zero-order valence-electron chi connectivity index (χ0n) is 11.1. The minimum atomic E-state index is -0.788. The van der Waals surface area contributed by atoms with Crippen molar-refractivity contribution < 1.29 is 15.0 Å². The number of hydrogen-bond acceptors (Lipinski definition) is 3. The van der Waals surface area contributed by atoms with E-state index in [-0.39, 0.29) is 5.92 Å². The molecule has 4 atom stereocenters. The predicted octanol–water partition coefficient (Wildman–Crippen LogP) is 1.53. The van der Waals surface area contributed by atoms with Crippen LogP contribution in [-0.2, 0) is 4.79 Å². The van der Waals surface area contributed by atoms with Crippen molar-refractivity contribution in [2.24, 2.45) is 23.7 Å². The molecule has 4 unspecified atom stereocenters. The van der Waals surface area contributed by atoms with Crippen LogP contribution in [0.5, 0.6) is 0 Å². The molecule has 1 heterocycles. The van der Waals surface area contributed by atoms with E-state index in [2.05, 4.69) is 0 Å². The van der Waals surface area contributed by atoms with Crippen molar-refractivity contribution in [3.05, 3.63) is 0 Å². The summed E-state index contributed by atoms with van der Waals surface area (Å²) < 4.78 is 0. The molecule has 2 bridgehead atoms. The third-order valence-electron chi connectivity index (χ3n) is 5.44. The average molecular weight is 253 g/mol. The fourth-order valence-electron chi connectivity index (χ4n) is 4.71. The molecule has 0 radical (unpaired) electrons. The fourth-order valence-corrected chi connectivity index (χ4v) is 4.71. The van der Waals surface area contributed by atoms with Crippen LogP contribution in [0.25, 0.3) is 0 Å². The number of hydrogen-bond donors (Lipinski definition) is 2. The number of carbonyl (C=O) groups is 1. The molecule has 4 heteroatoms. The molecular weight excluding hydrogens is 230 g/mol. The van der Waals surface area contributed by atoms with Gasteiger partial charge in [0, 0.05) is 12.0 Å². The zero-order chi connectivity index (χ0) is 13.0. The minimum Gasteiger partial charge on any atom is -0.480 e. The second-order valence-electron chi connectivity index (χ2n) is 6.63. The summed E-state index contributed by atoms with van der Waals surface area (Å²) in [6.45, 7) is 3.86. The van der Waals surface area contributed by atoms with Gasteiger partial charge in [-0.15, -0.1) is 0 Å². The van der Waals surface area contributed by atoms with Crippen molar-refractivity contribution in [1.29, 1.82) is 0 Å². The van der Waals surface area contributed by atoms with Gasteiger partial charge in [-0.1, -0.05) is 13.8 Å². The molecule has 4 rings (SSSR count). The molecule has 2 N–H and O–H groups in total. The third-order valence-corrected chi connectivity index (χ3v) is 5.44. The van der Waals surface area contributed by atoms with Gasteiger partial charge in [0.2, 0.25) is 0 Å². The number of likely N-dealkylation sites (tertiary alicyclic amines) is 1. The summed E-state index contributed by atoms with van der Waals surface area (Å²) in [6, 6.07) is -0.198. The van der Waals surface area contributed by atoms with Crippen LogP contribution in [0.1, 0.15) is 39.5 Å². The fraction of sp³-hybridized carbons (Fsp3) is 0.929. The molecule has 0 aromatic heterocycles. The van der Waals surface area contributed by atoms with Gasteiger partial charge in [0.05, 0.1) is 0 Å². The number of aliphatic hydroxyl groups is 1. The maximum Gasteiger partial charge on any atom is 0.321 e. The van der Waals surface area contributed by atoms with Gasteiger partial charge >= 0.3 is 5.97 Å². The summed E-state index contributed by atoms with van der Waals surface area (Å²) in [7, 11) is 0. The standard InChI is InChI=1S/C14H23NO3/c1-7(2)11(14(17)18)15-12-9-5-3-8(4-6-9)10(12)13(15)16/h7-13,16H,3-6H2,1-2H3,(H,17,18). The normalized spacial score (nSPS) is 44.6. The van der Waals surface area contributed by atoms with Gasteiger partial charge in [-0.25, -0.2) is 0 Å². The largest absolute Gasteiger partial charge is 0.480 e. The SMILES string of the molecule is CC(C)C(C(=O)O)N1C(O)C2C3CCC(CC3)C21. The van der Waals surface area contributed by atoms with Gasteiger partial charge in [0.15, 0.2) is 0 Å². The van der Waals surface area contributed by atoms with Gasteiger partial charge in [0.25, 0.3) is 0 Å². The Kier molecular flexibility index (Phi) is 2.90. The molecule has 3 saturated carbocycles. The van der Waals surface area contributed by atoms with Crippen molar-refractivity contribution in [2.45, 2.75) is 57.8 Å². The lowest BCUT2D eigenvalue weighted by Crippen LogP contribution is -2.75. The first-order chi connectivity index (χ1) is 8.52. The Morgan fingerprint density at radius 3 is 2.22 bits per heavy atom. The van der Waals surface area contributed by atoms with Crippen molar-refractivity contribution in [3.63, 3.8) is 0 Å². The first-order valence-corrected chi connectivity index (χ1v) is 7.20. The minimum absolute atomic E-state index is 0.0403. The molecule has 0 amide bonds. The van der Waals surface area contributed by atoms with Crippen LogP contribution in [0, 0.1) is 23.7 Å². The van der Waals surface area contributed by atoms with E-state index in [1.165, 1.54) is 25.7 Å². The molecule has 1 aliphatic heterocycles. The molecular formula is C14H23NO3. The van der Waals surface area contributed by atoms with Crippen LogP contribution < -0.4 is 0 Å². The number of carboxylic acid groups (broad SMARTS) is 1. The highest BCUT2D eigenvalue weighted by Gasteiger charge is 2.61. The van der Waals surface area contributed by atoms with Crippen LogP contribution in [0.4, 0.5) is 0 Å². The number of rotatable bonds is 3. The van der Waals surface area contributed by atoms with E-state index in [1.54, 1.807) is 0 Å². The first-order valence-electron chi connectivity index (χ1n) is 7.20. The van der Waals surface area contributed by atoms with Gasteiger partial charge in [0.1, 0.15) is 12.3 Å². The van der Waals surface area contributed by atoms with E-state index in [0.29, 0.717) is 23.8 Å². The van der Waals surface area contributed by atoms with Gasteiger partial charge in [-0.05, 0) is 43.4 Å². The number of aliphatic carboxylic acids is 1. The maximum atomic E-state index is 11.4. The van der Waals surface area contributed by atoms with E-state index in [4.69, 9.17) is 0 Å². The Bertz CT molecular complexity index is 349. The van der Waals surface area contributed by atoms with Crippen molar-refractivity contribution >= 4 is 5.97 Å². The van der Waals surface area contributed by atoms with Crippen LogP contribution in [0.3, 0.4) is 0 Å². The van der Waals surface area contributed by atoms with Crippen molar-refractivity contribution in [1.82, 2.24) is 4.90 Å². The number of nitrogens with zero attached hydrogens (tertiary/aromatic N) is 1. The average Bonchev–Trinajstić information content (AvgIpc) is 2.34. The number of fused-ring (bicyclic) bond motifs is 2. The van der Waals surface area contributed by atoms with Crippen LogP contribution in [0.15, 0.2) is 0 Å². The summed E-state index contributed by atoms with van der Waals surface area (Å²) in [5.74, 6) is 0.845. The highest BCUT2D eigenvalue weighted by Crippen LogP contribution is 2.55. The molecule has 4 aliphatic rings. The van der Waals surface area contributed by atoms with Gasteiger partial charge in [-0.2, -0.15) is 0 Å². The topological polar surface area (TPSA) is 60.8 Å². The number of aliphatic hydroxyl groups excluding tert-OH is 1. The molecule has 102 valence electrons. The molecule has 1 saturated heterocycles. The Morgan fingerprint density at radius 1 is 1.17 bits per heavy atom. The lowest BCUT2D eigenvalue weighted by Gasteiger charge is -2.65. The Labute approximate surface area is 108 Å². The highest BCUT2D eigenvalue weighted by atomic mass is 16.4. The Balaban J connectivity index is 1.84. The van der Waals surface area contributed by atoms with Crippen molar-refractivity contribution in [2.75, 3.05) is 0 Å². The van der Waals surface area contributed by atoms with E-state index < -0.39 is 18.2 Å². The lowest BCUT2D eigenvalue weighted by molar-refractivity contribution is -0.262. The van der Waals surface area contributed by atoms with Crippen LogP contribution in [0.2, 0.25) is 0 Å². The van der Waals surface area contributed by atoms with Crippen LogP contribution in [-0.4, -0.2) is 39.4 Å². The first kappa shape index (κ1) is 12.4. The van der Waals surface area contributed by atoms with E-state index >= 15 is 0 Å². The monoisotopic (exact) mass is 253 g/mol. The van der Waals surface area contributed by atoms with E-state index in [0.717, 1.165) is 0 Å². The Morgan fingerprint density at radius 2 is 1.72 bits per heavy atom.